The van der Waals surface area contributed by atoms with Crippen LogP contribution in [0.15, 0.2) is 30.3 Å². The zero-order valence-electron chi connectivity index (χ0n) is 13.3. The van der Waals surface area contributed by atoms with E-state index in [-0.39, 0.29) is 18.9 Å². The first-order chi connectivity index (χ1) is 10.4. The standard InChI is InChI=1S/C17H22N2O3/c1-13(2)17(3,12-18)19-15(20)11-22-16(21)10-9-14-7-5-4-6-8-14/h4-8,13H,9-11H2,1-3H3,(H,19,20)/t17-/m0/s1. The second kappa shape index (κ2) is 8.18. The molecule has 5 heteroatoms. The summed E-state index contributed by atoms with van der Waals surface area (Å²) in [5, 5.41) is 11.7. The molecule has 0 radical (unpaired) electrons. The second-order valence-electron chi connectivity index (χ2n) is 5.66. The van der Waals surface area contributed by atoms with E-state index in [0.29, 0.717) is 6.42 Å². The van der Waals surface area contributed by atoms with Crippen LogP contribution in [-0.4, -0.2) is 24.0 Å². The van der Waals surface area contributed by atoms with Crippen molar-refractivity contribution in [1.29, 1.82) is 5.26 Å². The van der Waals surface area contributed by atoms with Crippen molar-refractivity contribution >= 4 is 11.9 Å². The first kappa shape index (κ1) is 17.7. The van der Waals surface area contributed by atoms with Crippen molar-refractivity contribution in [3.05, 3.63) is 35.9 Å². The number of benzene rings is 1. The summed E-state index contributed by atoms with van der Waals surface area (Å²) in [6, 6.07) is 11.7. The van der Waals surface area contributed by atoms with Crippen LogP contribution in [0.3, 0.4) is 0 Å². The van der Waals surface area contributed by atoms with E-state index in [1.54, 1.807) is 6.92 Å². The fourth-order valence-corrected chi connectivity index (χ4v) is 1.74. The van der Waals surface area contributed by atoms with E-state index >= 15 is 0 Å². The van der Waals surface area contributed by atoms with Gasteiger partial charge in [-0.05, 0) is 24.8 Å². The molecule has 0 saturated carbocycles. The van der Waals surface area contributed by atoms with Crippen molar-refractivity contribution in [2.24, 2.45) is 5.92 Å². The number of aryl methyl sites for hydroxylation is 1. The van der Waals surface area contributed by atoms with Crippen LogP contribution >= 0.6 is 0 Å². The molecule has 0 bridgehead atoms. The molecule has 0 fully saturated rings. The largest absolute Gasteiger partial charge is 0.456 e. The average molecular weight is 302 g/mol. The van der Waals surface area contributed by atoms with Gasteiger partial charge in [0.05, 0.1) is 6.07 Å². The Kier molecular flexibility index (Phi) is 6.58. The molecule has 0 spiro atoms. The molecule has 1 rings (SSSR count). The zero-order valence-corrected chi connectivity index (χ0v) is 13.3. The van der Waals surface area contributed by atoms with E-state index in [9.17, 15) is 9.59 Å². The first-order valence-corrected chi connectivity index (χ1v) is 7.29. The Labute approximate surface area is 131 Å². The molecule has 1 amide bonds. The maximum absolute atomic E-state index is 11.8. The fraction of sp³-hybridized carbons (Fsp3) is 0.471. The highest BCUT2D eigenvalue weighted by molar-refractivity contribution is 5.81. The summed E-state index contributed by atoms with van der Waals surface area (Å²) in [5.74, 6) is -0.941. The van der Waals surface area contributed by atoms with Crippen LogP contribution in [0.25, 0.3) is 0 Å². The maximum Gasteiger partial charge on any atom is 0.306 e. The van der Waals surface area contributed by atoms with E-state index in [1.807, 2.05) is 44.2 Å². The summed E-state index contributed by atoms with van der Waals surface area (Å²) in [6.45, 7) is 4.97. The van der Waals surface area contributed by atoms with E-state index < -0.39 is 17.4 Å². The van der Waals surface area contributed by atoms with Crippen LogP contribution in [0, 0.1) is 17.2 Å². The number of hydrogen-bond acceptors (Lipinski definition) is 4. The molecule has 0 aliphatic rings. The molecule has 118 valence electrons. The summed E-state index contributed by atoms with van der Waals surface area (Å²) in [6.07, 6.45) is 0.792. The third-order valence-corrected chi connectivity index (χ3v) is 3.61. The fourth-order valence-electron chi connectivity index (χ4n) is 1.74. The van der Waals surface area contributed by atoms with Gasteiger partial charge < -0.3 is 10.1 Å². The molecule has 1 aromatic carbocycles. The maximum atomic E-state index is 11.8. The highest BCUT2D eigenvalue weighted by Gasteiger charge is 2.30. The lowest BCUT2D eigenvalue weighted by Gasteiger charge is -2.27. The van der Waals surface area contributed by atoms with E-state index in [1.165, 1.54) is 0 Å². The number of hydrogen-bond donors (Lipinski definition) is 1. The lowest BCUT2D eigenvalue weighted by molar-refractivity contribution is -0.149. The van der Waals surface area contributed by atoms with Gasteiger partial charge in [0.1, 0.15) is 5.54 Å². The van der Waals surface area contributed by atoms with Crippen molar-refractivity contribution < 1.29 is 14.3 Å². The normalized spacial score (nSPS) is 13.0. The molecule has 0 heterocycles. The number of amides is 1. The SMILES string of the molecule is CC(C)[C@](C)(C#N)NC(=O)COC(=O)CCc1ccccc1. The molecule has 0 aromatic heterocycles. The van der Waals surface area contributed by atoms with E-state index in [4.69, 9.17) is 10.00 Å². The summed E-state index contributed by atoms with van der Waals surface area (Å²) in [7, 11) is 0. The Morgan fingerprint density at radius 1 is 1.32 bits per heavy atom. The van der Waals surface area contributed by atoms with Gasteiger partial charge in [0.25, 0.3) is 5.91 Å². The summed E-state index contributed by atoms with van der Waals surface area (Å²) >= 11 is 0. The van der Waals surface area contributed by atoms with Crippen molar-refractivity contribution in [1.82, 2.24) is 5.32 Å². The van der Waals surface area contributed by atoms with Crippen LogP contribution in [0.1, 0.15) is 32.8 Å². The predicted octanol–water partition coefficient (Wildman–Crippen LogP) is 2.22. The lowest BCUT2D eigenvalue weighted by Crippen LogP contribution is -2.50. The molecule has 0 aliphatic heterocycles. The summed E-state index contributed by atoms with van der Waals surface area (Å²) < 4.78 is 4.94. The molecule has 0 unspecified atom stereocenters. The minimum absolute atomic E-state index is 0.0461. The van der Waals surface area contributed by atoms with Crippen LogP contribution in [-0.2, 0) is 20.7 Å². The Bertz CT molecular complexity index is 549. The molecule has 5 nitrogen and oxygen atoms in total. The number of carbonyl (C=O) groups excluding carboxylic acids is 2. The van der Waals surface area contributed by atoms with Gasteiger partial charge in [0, 0.05) is 6.42 Å². The average Bonchev–Trinajstić information content (AvgIpc) is 2.51. The Morgan fingerprint density at radius 3 is 2.50 bits per heavy atom. The molecule has 0 aliphatic carbocycles. The zero-order chi connectivity index (χ0) is 16.6. The topological polar surface area (TPSA) is 79.2 Å². The van der Waals surface area contributed by atoms with Gasteiger partial charge in [-0.25, -0.2) is 0 Å². The van der Waals surface area contributed by atoms with E-state index in [0.717, 1.165) is 5.56 Å². The van der Waals surface area contributed by atoms with Gasteiger partial charge in [-0.3, -0.25) is 9.59 Å². The third-order valence-electron chi connectivity index (χ3n) is 3.61. The Hall–Kier alpha value is -2.35. The predicted molar refractivity (Wildman–Crippen MR) is 82.7 cm³/mol. The number of nitriles is 1. The molecular weight excluding hydrogens is 280 g/mol. The van der Waals surface area contributed by atoms with Crippen molar-refractivity contribution in [2.75, 3.05) is 6.61 Å². The highest BCUT2D eigenvalue weighted by atomic mass is 16.5. The van der Waals surface area contributed by atoms with Crippen LogP contribution in [0.5, 0.6) is 0 Å². The molecule has 1 N–H and O–H groups in total. The molecule has 1 atom stereocenters. The van der Waals surface area contributed by atoms with Crippen molar-refractivity contribution in [2.45, 2.75) is 39.2 Å². The molecule has 22 heavy (non-hydrogen) atoms. The van der Waals surface area contributed by atoms with Crippen LogP contribution in [0.4, 0.5) is 0 Å². The van der Waals surface area contributed by atoms with Gasteiger partial charge in [-0.15, -0.1) is 0 Å². The number of rotatable bonds is 7. The first-order valence-electron chi connectivity index (χ1n) is 7.29. The molecule has 0 saturated heterocycles. The Morgan fingerprint density at radius 2 is 1.95 bits per heavy atom. The number of carbonyl (C=O) groups is 2. The summed E-state index contributed by atoms with van der Waals surface area (Å²) in [5.41, 5.74) is 0.0776. The number of nitrogens with one attached hydrogen (secondary N) is 1. The second-order valence-corrected chi connectivity index (χ2v) is 5.66. The Balaban J connectivity index is 2.35. The van der Waals surface area contributed by atoms with Gasteiger partial charge in [0.2, 0.25) is 0 Å². The minimum atomic E-state index is -0.965. The van der Waals surface area contributed by atoms with Crippen LogP contribution < -0.4 is 5.32 Å². The number of ether oxygens (including phenoxy) is 1. The van der Waals surface area contributed by atoms with Crippen molar-refractivity contribution in [3.8, 4) is 6.07 Å². The smallest absolute Gasteiger partial charge is 0.306 e. The summed E-state index contributed by atoms with van der Waals surface area (Å²) in [4.78, 5) is 23.4. The van der Waals surface area contributed by atoms with Crippen molar-refractivity contribution in [3.63, 3.8) is 0 Å². The van der Waals surface area contributed by atoms with Gasteiger partial charge in [-0.2, -0.15) is 5.26 Å². The minimum Gasteiger partial charge on any atom is -0.456 e. The lowest BCUT2D eigenvalue weighted by atomic mass is 9.90. The third kappa shape index (κ3) is 5.57. The van der Waals surface area contributed by atoms with E-state index in [2.05, 4.69) is 11.4 Å². The molecule has 1 aromatic rings. The van der Waals surface area contributed by atoms with Gasteiger partial charge >= 0.3 is 5.97 Å². The number of nitrogens with zero attached hydrogens (tertiary/aromatic N) is 1. The van der Waals surface area contributed by atoms with Gasteiger partial charge in [0.15, 0.2) is 6.61 Å². The number of esters is 1. The van der Waals surface area contributed by atoms with Gasteiger partial charge in [-0.1, -0.05) is 44.2 Å². The monoisotopic (exact) mass is 302 g/mol. The highest BCUT2D eigenvalue weighted by Crippen LogP contribution is 2.14. The van der Waals surface area contributed by atoms with Crippen LogP contribution in [0.2, 0.25) is 0 Å². The molecular formula is C17H22N2O3. The quantitative estimate of drug-likeness (QED) is 0.783.